The van der Waals surface area contributed by atoms with Gasteiger partial charge in [0.2, 0.25) is 5.91 Å². The fraction of sp³-hybridized carbons (Fsp3) is 0.300. The van der Waals surface area contributed by atoms with Crippen LogP contribution in [0.25, 0.3) is 0 Å². The summed E-state index contributed by atoms with van der Waals surface area (Å²) in [5, 5.41) is 18.6. The van der Waals surface area contributed by atoms with Gasteiger partial charge in [-0.1, -0.05) is 6.07 Å². The number of hydrogen-bond acceptors (Lipinski definition) is 5. The summed E-state index contributed by atoms with van der Waals surface area (Å²) in [4.78, 5) is 34.1. The molecule has 2 amide bonds. The Morgan fingerprint density at radius 3 is 2.32 bits per heavy atom. The monoisotopic (exact) mass is 438 g/mol. The number of amides is 2. The summed E-state index contributed by atoms with van der Waals surface area (Å²) in [5.41, 5.74) is 0.456. The highest BCUT2D eigenvalue weighted by molar-refractivity contribution is 5.96. The van der Waals surface area contributed by atoms with Crippen molar-refractivity contribution < 1.29 is 27.7 Å². The molecule has 0 aromatic heterocycles. The molecule has 166 valence electrons. The van der Waals surface area contributed by atoms with Crippen LogP contribution in [0.5, 0.6) is 0 Å². The van der Waals surface area contributed by atoms with Gasteiger partial charge < -0.3 is 16.0 Å². The Bertz CT molecular complexity index is 993. The van der Waals surface area contributed by atoms with Crippen molar-refractivity contribution in [3.8, 4) is 0 Å². The molecule has 0 aliphatic rings. The van der Waals surface area contributed by atoms with Crippen LogP contribution >= 0.6 is 0 Å². The van der Waals surface area contributed by atoms with E-state index in [0.29, 0.717) is 11.6 Å². The molecule has 0 unspecified atom stereocenters. The van der Waals surface area contributed by atoms with Gasteiger partial charge in [-0.05, 0) is 49.2 Å². The Morgan fingerprint density at radius 1 is 1.00 bits per heavy atom. The number of rotatable bonds is 8. The summed E-state index contributed by atoms with van der Waals surface area (Å²) in [7, 11) is 0. The van der Waals surface area contributed by atoms with Crippen LogP contribution < -0.4 is 16.0 Å². The van der Waals surface area contributed by atoms with Crippen LogP contribution in [0.3, 0.4) is 0 Å². The molecule has 0 atom stereocenters. The second-order valence-corrected chi connectivity index (χ2v) is 6.75. The molecular weight excluding hydrogens is 417 g/mol. The van der Waals surface area contributed by atoms with Crippen LogP contribution in [-0.2, 0) is 11.0 Å². The number of aryl methyl sites for hydroxylation is 2. The van der Waals surface area contributed by atoms with E-state index in [1.165, 1.54) is 0 Å². The fourth-order valence-corrected chi connectivity index (χ4v) is 2.62. The van der Waals surface area contributed by atoms with E-state index in [1.54, 1.807) is 18.2 Å². The summed E-state index contributed by atoms with van der Waals surface area (Å²) in [6.45, 7) is 3.58. The molecule has 0 fully saturated rings. The predicted molar refractivity (Wildman–Crippen MR) is 108 cm³/mol. The zero-order chi connectivity index (χ0) is 23.2. The maximum absolute atomic E-state index is 12.7. The lowest BCUT2D eigenvalue weighted by Crippen LogP contribution is -2.38. The molecule has 0 heterocycles. The summed E-state index contributed by atoms with van der Waals surface area (Å²) >= 11 is 0. The van der Waals surface area contributed by atoms with E-state index < -0.39 is 34.2 Å². The zero-order valence-electron chi connectivity index (χ0n) is 16.8. The second-order valence-electron chi connectivity index (χ2n) is 6.75. The van der Waals surface area contributed by atoms with Crippen LogP contribution in [0.1, 0.15) is 27.0 Å². The largest absolute Gasteiger partial charge is 0.416 e. The third-order valence-electron chi connectivity index (χ3n) is 4.46. The zero-order valence-corrected chi connectivity index (χ0v) is 16.8. The van der Waals surface area contributed by atoms with E-state index in [9.17, 15) is 32.9 Å². The van der Waals surface area contributed by atoms with Gasteiger partial charge in [0.25, 0.3) is 11.6 Å². The fourth-order valence-electron chi connectivity index (χ4n) is 2.62. The predicted octanol–water partition coefficient (Wildman–Crippen LogP) is 3.19. The number of hydrogen-bond donors (Lipinski definition) is 3. The summed E-state index contributed by atoms with van der Waals surface area (Å²) in [6.07, 6.45) is -4.70. The lowest BCUT2D eigenvalue weighted by molar-refractivity contribution is -0.384. The number of nitrogens with zero attached hydrogens (tertiary/aromatic N) is 1. The minimum atomic E-state index is -4.70. The molecule has 2 aromatic rings. The molecule has 31 heavy (non-hydrogen) atoms. The lowest BCUT2D eigenvalue weighted by atomic mass is 10.1. The van der Waals surface area contributed by atoms with E-state index in [2.05, 4.69) is 16.0 Å². The molecule has 0 saturated carbocycles. The maximum Gasteiger partial charge on any atom is 0.416 e. The van der Waals surface area contributed by atoms with Crippen LogP contribution in [-0.4, -0.2) is 36.4 Å². The number of nitro groups is 1. The number of nitro benzene ring substituents is 1. The molecule has 0 aliphatic heterocycles. The number of benzene rings is 2. The smallest absolute Gasteiger partial charge is 0.378 e. The number of carbonyl (C=O) groups excluding carboxylic acids is 2. The second kappa shape index (κ2) is 9.92. The number of halogens is 3. The molecule has 0 aliphatic carbocycles. The van der Waals surface area contributed by atoms with Gasteiger partial charge in [-0.25, -0.2) is 0 Å². The van der Waals surface area contributed by atoms with Gasteiger partial charge in [0, 0.05) is 24.7 Å². The average molecular weight is 438 g/mol. The van der Waals surface area contributed by atoms with Gasteiger partial charge >= 0.3 is 6.18 Å². The first-order chi connectivity index (χ1) is 14.5. The van der Waals surface area contributed by atoms with Crippen LogP contribution in [0, 0.1) is 24.0 Å². The van der Waals surface area contributed by atoms with Crippen molar-refractivity contribution in [1.29, 1.82) is 0 Å². The third-order valence-corrected chi connectivity index (χ3v) is 4.46. The SMILES string of the molecule is Cc1ccc(C(=O)NCC(=O)NCCNc2ccc(C(F)(F)F)cc2[N+](=O)[O-])cc1C. The highest BCUT2D eigenvalue weighted by Crippen LogP contribution is 2.34. The lowest BCUT2D eigenvalue weighted by Gasteiger charge is -2.11. The topological polar surface area (TPSA) is 113 Å². The highest BCUT2D eigenvalue weighted by Gasteiger charge is 2.33. The van der Waals surface area contributed by atoms with Gasteiger partial charge in [0.1, 0.15) is 5.69 Å². The summed E-state index contributed by atoms with van der Waals surface area (Å²) in [6, 6.07) is 7.31. The minimum Gasteiger partial charge on any atom is -0.378 e. The molecule has 3 N–H and O–H groups in total. The van der Waals surface area contributed by atoms with Gasteiger partial charge in [0.05, 0.1) is 17.0 Å². The first kappa shape index (κ1) is 23.6. The van der Waals surface area contributed by atoms with Crippen LogP contribution in [0.15, 0.2) is 36.4 Å². The molecule has 0 spiro atoms. The average Bonchev–Trinajstić information content (AvgIpc) is 2.70. The van der Waals surface area contributed by atoms with E-state index in [-0.39, 0.29) is 25.3 Å². The third kappa shape index (κ3) is 6.69. The quantitative estimate of drug-likeness (QED) is 0.333. The molecule has 11 heteroatoms. The Balaban J connectivity index is 1.82. The Kier molecular flexibility index (Phi) is 7.56. The Morgan fingerprint density at radius 2 is 1.71 bits per heavy atom. The summed E-state index contributed by atoms with van der Waals surface area (Å²) < 4.78 is 38.1. The number of nitrogens with one attached hydrogen (secondary N) is 3. The summed E-state index contributed by atoms with van der Waals surface area (Å²) in [5.74, 6) is -0.891. The van der Waals surface area contributed by atoms with Crippen molar-refractivity contribution in [2.45, 2.75) is 20.0 Å². The van der Waals surface area contributed by atoms with Crippen molar-refractivity contribution >= 4 is 23.2 Å². The van der Waals surface area contributed by atoms with Crippen molar-refractivity contribution in [3.05, 3.63) is 68.8 Å². The van der Waals surface area contributed by atoms with Crippen LogP contribution in [0.4, 0.5) is 24.5 Å². The van der Waals surface area contributed by atoms with Gasteiger partial charge in [-0.15, -0.1) is 0 Å². The standard InChI is InChI=1S/C20H21F3N4O4/c1-12-3-4-14(9-13(12)2)19(29)26-11-18(28)25-8-7-24-16-6-5-15(20(21,22)23)10-17(16)27(30)31/h3-6,9-10,24H,7-8,11H2,1-2H3,(H,25,28)(H,26,29). The molecule has 0 radical (unpaired) electrons. The molecule has 8 nitrogen and oxygen atoms in total. The van der Waals surface area contributed by atoms with Crippen LogP contribution in [0.2, 0.25) is 0 Å². The number of alkyl halides is 3. The van der Waals surface area contributed by atoms with Gasteiger partial charge in [-0.3, -0.25) is 19.7 Å². The maximum atomic E-state index is 12.7. The molecule has 0 bridgehead atoms. The minimum absolute atomic E-state index is 0.0308. The first-order valence-corrected chi connectivity index (χ1v) is 9.20. The molecule has 2 rings (SSSR count). The van der Waals surface area contributed by atoms with Crippen molar-refractivity contribution in [1.82, 2.24) is 10.6 Å². The van der Waals surface area contributed by atoms with E-state index in [0.717, 1.165) is 23.3 Å². The van der Waals surface area contributed by atoms with Crippen molar-refractivity contribution in [3.63, 3.8) is 0 Å². The van der Waals surface area contributed by atoms with Crippen molar-refractivity contribution in [2.75, 3.05) is 25.0 Å². The number of carbonyl (C=O) groups is 2. The first-order valence-electron chi connectivity index (χ1n) is 9.20. The van der Waals surface area contributed by atoms with E-state index in [4.69, 9.17) is 0 Å². The number of anilines is 1. The van der Waals surface area contributed by atoms with Gasteiger partial charge in [-0.2, -0.15) is 13.2 Å². The van der Waals surface area contributed by atoms with E-state index in [1.807, 2.05) is 13.8 Å². The Labute approximate surface area is 176 Å². The van der Waals surface area contributed by atoms with Crippen molar-refractivity contribution in [2.24, 2.45) is 0 Å². The molecule has 2 aromatic carbocycles. The molecular formula is C20H21F3N4O4. The van der Waals surface area contributed by atoms with Gasteiger partial charge in [0.15, 0.2) is 0 Å². The normalized spacial score (nSPS) is 11.0. The highest BCUT2D eigenvalue weighted by atomic mass is 19.4. The van der Waals surface area contributed by atoms with E-state index >= 15 is 0 Å². The Hall–Kier alpha value is -3.63. The molecule has 0 saturated heterocycles.